The summed E-state index contributed by atoms with van der Waals surface area (Å²) in [5, 5.41) is 2.95. The SMILES string of the molecule is O=C(c1cc(=O)n(-c2ccccc2)[nH]1)N1CCC[C@H](CCc2ccc(F)cc2)C1. The second-order valence-electron chi connectivity index (χ2n) is 7.60. The number of amides is 1. The first-order valence-electron chi connectivity index (χ1n) is 10.0. The zero-order valence-corrected chi connectivity index (χ0v) is 16.2. The molecule has 1 aliphatic heterocycles. The number of halogens is 1. The maximum absolute atomic E-state index is 13.1. The summed E-state index contributed by atoms with van der Waals surface area (Å²) in [7, 11) is 0. The number of nitrogens with one attached hydrogen (secondary N) is 1. The van der Waals surface area contributed by atoms with Gasteiger partial charge in [-0.2, -0.15) is 0 Å². The number of aromatic nitrogens is 2. The first-order valence-corrected chi connectivity index (χ1v) is 10.0. The van der Waals surface area contributed by atoms with Crippen LogP contribution in [0.4, 0.5) is 4.39 Å². The Morgan fingerprint density at radius 1 is 1.10 bits per heavy atom. The van der Waals surface area contributed by atoms with Crippen molar-refractivity contribution >= 4 is 5.91 Å². The van der Waals surface area contributed by atoms with Crippen LogP contribution in [0.5, 0.6) is 0 Å². The molecule has 0 aliphatic carbocycles. The molecule has 0 spiro atoms. The van der Waals surface area contributed by atoms with Gasteiger partial charge in [-0.1, -0.05) is 30.3 Å². The van der Waals surface area contributed by atoms with Gasteiger partial charge in [0.25, 0.3) is 11.5 Å². The molecule has 6 heteroatoms. The minimum absolute atomic E-state index is 0.136. The number of para-hydroxylation sites is 1. The van der Waals surface area contributed by atoms with Crippen molar-refractivity contribution in [1.29, 1.82) is 0 Å². The molecule has 0 saturated carbocycles. The molecule has 0 bridgehead atoms. The van der Waals surface area contributed by atoms with Gasteiger partial charge in [0.15, 0.2) is 0 Å². The molecule has 5 nitrogen and oxygen atoms in total. The average Bonchev–Trinajstić information content (AvgIpc) is 3.15. The predicted molar refractivity (Wildman–Crippen MR) is 110 cm³/mol. The van der Waals surface area contributed by atoms with E-state index in [0.29, 0.717) is 30.4 Å². The monoisotopic (exact) mass is 393 g/mol. The Morgan fingerprint density at radius 2 is 1.86 bits per heavy atom. The van der Waals surface area contributed by atoms with Gasteiger partial charge in [-0.15, -0.1) is 0 Å². The first kappa shape index (κ1) is 19.2. The Hall–Kier alpha value is -3.15. The second kappa shape index (κ2) is 8.47. The molecule has 1 amide bonds. The number of rotatable bonds is 5. The number of carbonyl (C=O) groups excluding carboxylic acids is 1. The summed E-state index contributed by atoms with van der Waals surface area (Å²) in [5.41, 5.74) is 1.88. The highest BCUT2D eigenvalue weighted by Gasteiger charge is 2.26. The molecule has 150 valence electrons. The highest BCUT2D eigenvalue weighted by Crippen LogP contribution is 2.23. The van der Waals surface area contributed by atoms with Crippen LogP contribution in [0.3, 0.4) is 0 Å². The van der Waals surface area contributed by atoms with Crippen LogP contribution in [-0.4, -0.2) is 33.7 Å². The van der Waals surface area contributed by atoms with E-state index in [1.165, 1.54) is 22.9 Å². The standard InChI is InChI=1S/C23H24FN3O2/c24-19-12-10-17(11-13-19)8-9-18-5-4-14-26(16-18)23(29)21-15-22(28)27(25-21)20-6-2-1-3-7-20/h1-3,6-7,10-13,15,18,25H,4-5,8-9,14,16H2/t18-/m1/s1. The number of benzene rings is 2. The molecular weight excluding hydrogens is 369 g/mol. The smallest absolute Gasteiger partial charge is 0.271 e. The molecule has 2 aromatic carbocycles. The first-order chi connectivity index (χ1) is 14.1. The number of H-pyrrole nitrogens is 1. The van der Waals surface area contributed by atoms with Crippen molar-refractivity contribution in [3.05, 3.63) is 88.1 Å². The highest BCUT2D eigenvalue weighted by molar-refractivity contribution is 5.92. The van der Waals surface area contributed by atoms with E-state index in [2.05, 4.69) is 5.10 Å². The molecule has 29 heavy (non-hydrogen) atoms. The van der Waals surface area contributed by atoms with Crippen LogP contribution < -0.4 is 5.56 Å². The van der Waals surface area contributed by atoms with E-state index in [-0.39, 0.29) is 17.3 Å². The van der Waals surface area contributed by atoms with Gasteiger partial charge in [-0.3, -0.25) is 14.7 Å². The minimum atomic E-state index is -0.246. The third kappa shape index (κ3) is 4.47. The normalized spacial score (nSPS) is 16.7. The van der Waals surface area contributed by atoms with E-state index in [4.69, 9.17) is 0 Å². The van der Waals surface area contributed by atoms with E-state index in [1.54, 1.807) is 0 Å². The van der Waals surface area contributed by atoms with Crippen LogP contribution in [0.25, 0.3) is 5.69 Å². The van der Waals surface area contributed by atoms with Crippen LogP contribution in [0.15, 0.2) is 65.5 Å². The quantitative estimate of drug-likeness (QED) is 0.717. The molecule has 1 aromatic heterocycles. The molecular formula is C23H24FN3O2. The molecule has 3 aromatic rings. The van der Waals surface area contributed by atoms with Gasteiger partial charge in [0, 0.05) is 19.2 Å². The van der Waals surface area contributed by atoms with E-state index in [1.807, 2.05) is 47.4 Å². The van der Waals surface area contributed by atoms with Crippen LogP contribution in [-0.2, 0) is 6.42 Å². The lowest BCUT2D eigenvalue weighted by Crippen LogP contribution is -2.40. The van der Waals surface area contributed by atoms with E-state index >= 15 is 0 Å². The number of aryl methyl sites for hydroxylation is 1. The van der Waals surface area contributed by atoms with Crippen molar-refractivity contribution in [3.63, 3.8) is 0 Å². The predicted octanol–water partition coefficient (Wildman–Crippen LogP) is 3.79. The maximum atomic E-state index is 13.1. The molecule has 1 fully saturated rings. The van der Waals surface area contributed by atoms with Gasteiger partial charge in [-0.05, 0) is 61.4 Å². The Kier molecular flexibility index (Phi) is 5.60. The number of carbonyl (C=O) groups is 1. The molecule has 2 heterocycles. The fourth-order valence-electron chi connectivity index (χ4n) is 3.95. The Bertz CT molecular complexity index is 1020. The molecule has 1 N–H and O–H groups in total. The summed E-state index contributed by atoms with van der Waals surface area (Å²) in [6.45, 7) is 1.38. The summed E-state index contributed by atoms with van der Waals surface area (Å²) in [5.74, 6) is 0.0450. The zero-order chi connectivity index (χ0) is 20.2. The average molecular weight is 393 g/mol. The lowest BCUT2D eigenvalue weighted by atomic mass is 9.91. The number of hydrogen-bond acceptors (Lipinski definition) is 2. The van der Waals surface area contributed by atoms with Gasteiger partial charge >= 0.3 is 0 Å². The summed E-state index contributed by atoms with van der Waals surface area (Å²) in [6.07, 6.45) is 3.85. The second-order valence-corrected chi connectivity index (χ2v) is 7.60. The molecule has 1 aliphatic rings. The summed E-state index contributed by atoms with van der Waals surface area (Å²) in [6, 6.07) is 17.2. The zero-order valence-electron chi connectivity index (χ0n) is 16.2. The van der Waals surface area contributed by atoms with Gasteiger partial charge in [0.2, 0.25) is 0 Å². The van der Waals surface area contributed by atoms with Crippen LogP contribution >= 0.6 is 0 Å². The number of hydrogen-bond donors (Lipinski definition) is 1. The molecule has 1 atom stereocenters. The number of likely N-dealkylation sites (tertiary alicyclic amines) is 1. The lowest BCUT2D eigenvalue weighted by Gasteiger charge is -2.32. The lowest BCUT2D eigenvalue weighted by molar-refractivity contribution is 0.0662. The highest BCUT2D eigenvalue weighted by atomic mass is 19.1. The Morgan fingerprint density at radius 3 is 2.62 bits per heavy atom. The molecule has 0 unspecified atom stereocenters. The van der Waals surface area contributed by atoms with Crippen LogP contribution in [0, 0.1) is 11.7 Å². The van der Waals surface area contributed by atoms with Crippen molar-refractivity contribution in [2.45, 2.75) is 25.7 Å². The molecule has 4 rings (SSSR count). The van der Waals surface area contributed by atoms with Crippen molar-refractivity contribution in [3.8, 4) is 5.69 Å². The van der Waals surface area contributed by atoms with Crippen LogP contribution in [0.1, 0.15) is 35.3 Å². The topological polar surface area (TPSA) is 58.1 Å². The van der Waals surface area contributed by atoms with E-state index in [0.717, 1.165) is 31.2 Å². The number of nitrogens with zero attached hydrogens (tertiary/aromatic N) is 2. The largest absolute Gasteiger partial charge is 0.337 e. The summed E-state index contributed by atoms with van der Waals surface area (Å²) in [4.78, 5) is 27.1. The van der Waals surface area contributed by atoms with Crippen LogP contribution in [0.2, 0.25) is 0 Å². The van der Waals surface area contributed by atoms with Gasteiger partial charge in [0.1, 0.15) is 11.5 Å². The van der Waals surface area contributed by atoms with Gasteiger partial charge in [0.05, 0.1) is 5.69 Å². The number of aromatic amines is 1. The maximum Gasteiger partial charge on any atom is 0.271 e. The van der Waals surface area contributed by atoms with Gasteiger partial charge < -0.3 is 4.90 Å². The van der Waals surface area contributed by atoms with Crippen molar-refractivity contribution < 1.29 is 9.18 Å². The number of piperidine rings is 1. The van der Waals surface area contributed by atoms with E-state index in [9.17, 15) is 14.0 Å². The fourth-order valence-corrected chi connectivity index (χ4v) is 3.95. The molecule has 1 saturated heterocycles. The van der Waals surface area contributed by atoms with E-state index < -0.39 is 0 Å². The van der Waals surface area contributed by atoms with Crippen molar-refractivity contribution in [1.82, 2.24) is 14.7 Å². The summed E-state index contributed by atoms with van der Waals surface area (Å²) >= 11 is 0. The minimum Gasteiger partial charge on any atom is -0.337 e. The fraction of sp³-hybridized carbons (Fsp3) is 0.304. The Balaban J connectivity index is 1.41. The molecule has 0 radical (unpaired) electrons. The van der Waals surface area contributed by atoms with Gasteiger partial charge in [-0.25, -0.2) is 9.07 Å². The van der Waals surface area contributed by atoms with Crippen molar-refractivity contribution in [2.24, 2.45) is 5.92 Å². The summed E-state index contributed by atoms with van der Waals surface area (Å²) < 4.78 is 14.4. The Labute approximate surface area is 168 Å². The third-order valence-corrected chi connectivity index (χ3v) is 5.53. The van der Waals surface area contributed by atoms with Crippen molar-refractivity contribution in [2.75, 3.05) is 13.1 Å². The third-order valence-electron chi connectivity index (χ3n) is 5.53.